The van der Waals surface area contributed by atoms with Gasteiger partial charge in [-0.15, -0.1) is 11.7 Å². The predicted octanol–water partition coefficient (Wildman–Crippen LogP) is 3.15. The zero-order valence-corrected chi connectivity index (χ0v) is 21.0. The van der Waals surface area contributed by atoms with E-state index < -0.39 is 0 Å². The van der Waals surface area contributed by atoms with E-state index >= 15 is 0 Å². The van der Waals surface area contributed by atoms with Crippen LogP contribution in [0.5, 0.6) is 0 Å². The summed E-state index contributed by atoms with van der Waals surface area (Å²) in [6.45, 7) is 9.95. The fourth-order valence-corrected chi connectivity index (χ4v) is 3.35. The second-order valence-electron chi connectivity index (χ2n) is 7.47. The Morgan fingerprint density at radius 1 is 1.12 bits per heavy atom. The summed E-state index contributed by atoms with van der Waals surface area (Å²) in [5.41, 5.74) is 1.16. The van der Waals surface area contributed by atoms with Gasteiger partial charge in [-0.25, -0.2) is 0 Å². The molecule has 0 spiro atoms. The number of nitrogens with one attached hydrogen (secondary N) is 3. The molecule has 2 atom stereocenters. The third-order valence-electron chi connectivity index (χ3n) is 4.37. The molecule has 0 aliphatic heterocycles. The maximum absolute atomic E-state index is 12.2. The van der Waals surface area contributed by atoms with Crippen LogP contribution in [0, 0.1) is 17.9 Å². The fourth-order valence-electron chi connectivity index (χ4n) is 2.36. The first kappa shape index (κ1) is 28.3. The average Bonchev–Trinajstić information content (AvgIpc) is 2.78. The number of carbonyl (C=O) groups excluding carboxylic acids is 2. The van der Waals surface area contributed by atoms with Crippen molar-refractivity contribution in [1.29, 1.82) is 0 Å². The second kappa shape index (κ2) is 16.9. The molecule has 1 aromatic rings. The molecule has 0 saturated heterocycles. The first-order valence-electron chi connectivity index (χ1n) is 10.8. The number of carbonyl (C=O) groups is 2. The van der Waals surface area contributed by atoms with Crippen molar-refractivity contribution >= 4 is 34.3 Å². The highest BCUT2D eigenvalue weighted by molar-refractivity contribution is 8.68. The third-order valence-corrected chi connectivity index (χ3v) is 5.54. The van der Waals surface area contributed by atoms with Crippen LogP contribution in [0.15, 0.2) is 24.3 Å². The fraction of sp³-hybridized carbons (Fsp3) is 0.565. The minimum absolute atomic E-state index is 0.0757. The minimum atomic E-state index is -0.315. The van der Waals surface area contributed by atoms with Crippen LogP contribution in [0.3, 0.4) is 0 Å². The van der Waals surface area contributed by atoms with Gasteiger partial charge in [-0.2, -0.15) is 0 Å². The molecule has 32 heavy (non-hydrogen) atoms. The molecule has 0 fully saturated rings. The SMILES string of the molecule is CCC(C)C#CNC(=O)COCCOC(SS)c1ccc(C(=O)NCCNC(C)C)cc1. The summed E-state index contributed by atoms with van der Waals surface area (Å²) in [7, 11) is 1.25. The Hall–Kier alpha value is -1.70. The maximum atomic E-state index is 12.2. The standard InChI is InChI=1S/C23H35N3O4S2/c1-5-18(4)10-11-25-21(27)16-29-14-15-30-23(32-31)20-8-6-19(7-9-20)22(28)26-13-12-24-17(2)3/h6-9,17-18,23-24,31H,5,12-16H2,1-4H3,(H,25,27)(H,26,28). The Labute approximate surface area is 201 Å². The van der Waals surface area contributed by atoms with Crippen molar-refractivity contribution < 1.29 is 19.1 Å². The topological polar surface area (TPSA) is 88.7 Å². The van der Waals surface area contributed by atoms with E-state index in [0.29, 0.717) is 24.8 Å². The molecule has 2 amide bonds. The lowest BCUT2D eigenvalue weighted by atomic mass is 10.1. The number of rotatable bonds is 14. The van der Waals surface area contributed by atoms with Gasteiger partial charge in [0.25, 0.3) is 11.8 Å². The summed E-state index contributed by atoms with van der Waals surface area (Å²) < 4.78 is 11.1. The molecule has 178 valence electrons. The molecule has 3 N–H and O–H groups in total. The second-order valence-corrected chi connectivity index (χ2v) is 8.75. The van der Waals surface area contributed by atoms with Crippen molar-refractivity contribution in [2.75, 3.05) is 32.9 Å². The molecule has 0 bridgehead atoms. The highest BCUT2D eigenvalue weighted by Gasteiger charge is 2.13. The van der Waals surface area contributed by atoms with E-state index in [0.717, 1.165) is 18.5 Å². The first-order chi connectivity index (χ1) is 15.4. The summed E-state index contributed by atoms with van der Waals surface area (Å²) in [5.74, 6) is 2.78. The molecule has 0 aliphatic rings. The van der Waals surface area contributed by atoms with Gasteiger partial charge in [0.1, 0.15) is 12.0 Å². The summed E-state index contributed by atoms with van der Waals surface area (Å²) in [6, 6.07) is 10.3. The molecule has 0 radical (unpaired) electrons. The van der Waals surface area contributed by atoms with Crippen LogP contribution < -0.4 is 16.0 Å². The van der Waals surface area contributed by atoms with Crippen molar-refractivity contribution in [3.05, 3.63) is 35.4 Å². The molecular weight excluding hydrogens is 446 g/mol. The molecule has 2 unspecified atom stereocenters. The number of hydrogen-bond acceptors (Lipinski definition) is 7. The Morgan fingerprint density at radius 2 is 1.84 bits per heavy atom. The number of thiol groups is 1. The molecule has 9 heteroatoms. The van der Waals surface area contributed by atoms with E-state index in [1.54, 1.807) is 12.1 Å². The lowest BCUT2D eigenvalue weighted by Crippen LogP contribution is -2.34. The van der Waals surface area contributed by atoms with Crippen molar-refractivity contribution in [2.45, 2.75) is 45.6 Å². The summed E-state index contributed by atoms with van der Waals surface area (Å²) >= 11 is 4.27. The van der Waals surface area contributed by atoms with Gasteiger partial charge in [-0.1, -0.05) is 56.5 Å². The number of ether oxygens (including phenoxy) is 2. The van der Waals surface area contributed by atoms with Gasteiger partial charge in [0.2, 0.25) is 0 Å². The van der Waals surface area contributed by atoms with Crippen LogP contribution in [-0.2, 0) is 14.3 Å². The molecule has 0 aromatic heterocycles. The Morgan fingerprint density at radius 3 is 2.47 bits per heavy atom. The third kappa shape index (κ3) is 12.4. The van der Waals surface area contributed by atoms with Gasteiger partial charge in [0.15, 0.2) is 0 Å². The number of amides is 2. The Bertz CT molecular complexity index is 748. The summed E-state index contributed by atoms with van der Waals surface area (Å²) in [4.78, 5) is 23.9. The van der Waals surface area contributed by atoms with E-state index in [9.17, 15) is 9.59 Å². The molecular formula is C23H35N3O4S2. The van der Waals surface area contributed by atoms with E-state index in [-0.39, 0.29) is 36.4 Å². The smallest absolute Gasteiger partial charge is 0.257 e. The van der Waals surface area contributed by atoms with Crippen LogP contribution in [0.2, 0.25) is 0 Å². The molecule has 1 aromatic carbocycles. The van der Waals surface area contributed by atoms with E-state index in [2.05, 4.69) is 53.4 Å². The Balaban J connectivity index is 2.34. The van der Waals surface area contributed by atoms with Crippen molar-refractivity contribution in [3.63, 3.8) is 0 Å². The normalized spacial score (nSPS) is 12.6. The molecule has 0 saturated carbocycles. The van der Waals surface area contributed by atoms with Crippen LogP contribution in [0.4, 0.5) is 0 Å². The van der Waals surface area contributed by atoms with Gasteiger partial charge >= 0.3 is 0 Å². The molecule has 0 heterocycles. The van der Waals surface area contributed by atoms with Gasteiger partial charge in [0, 0.05) is 36.7 Å². The largest absolute Gasteiger partial charge is 0.369 e. The molecule has 0 aliphatic carbocycles. The van der Waals surface area contributed by atoms with Crippen LogP contribution in [-0.4, -0.2) is 50.8 Å². The zero-order chi connectivity index (χ0) is 23.8. The zero-order valence-electron chi connectivity index (χ0n) is 19.3. The van der Waals surface area contributed by atoms with Gasteiger partial charge < -0.3 is 20.1 Å². The quantitative estimate of drug-likeness (QED) is 0.0815. The lowest BCUT2D eigenvalue weighted by Gasteiger charge is -2.16. The van der Waals surface area contributed by atoms with Crippen LogP contribution in [0.1, 0.15) is 55.5 Å². The van der Waals surface area contributed by atoms with Crippen molar-refractivity contribution in [3.8, 4) is 12.0 Å². The maximum Gasteiger partial charge on any atom is 0.257 e. The number of benzene rings is 1. The van der Waals surface area contributed by atoms with E-state index in [1.165, 1.54) is 10.8 Å². The highest BCUT2D eigenvalue weighted by atomic mass is 33.1. The Kier molecular flexibility index (Phi) is 14.9. The predicted molar refractivity (Wildman–Crippen MR) is 133 cm³/mol. The summed E-state index contributed by atoms with van der Waals surface area (Å²) in [6.07, 6.45) is 0.938. The van der Waals surface area contributed by atoms with Gasteiger partial charge in [-0.3, -0.25) is 14.9 Å². The van der Waals surface area contributed by atoms with Crippen molar-refractivity contribution in [2.24, 2.45) is 5.92 Å². The highest BCUT2D eigenvalue weighted by Crippen LogP contribution is 2.32. The lowest BCUT2D eigenvalue weighted by molar-refractivity contribution is -0.125. The van der Waals surface area contributed by atoms with Gasteiger partial charge in [0.05, 0.1) is 13.2 Å². The molecule has 1 rings (SSSR count). The van der Waals surface area contributed by atoms with Crippen LogP contribution in [0.25, 0.3) is 0 Å². The van der Waals surface area contributed by atoms with Crippen molar-refractivity contribution in [1.82, 2.24) is 16.0 Å². The first-order valence-corrected chi connectivity index (χ1v) is 12.7. The minimum Gasteiger partial charge on any atom is -0.369 e. The monoisotopic (exact) mass is 481 g/mol. The number of hydrogen-bond donors (Lipinski definition) is 4. The van der Waals surface area contributed by atoms with E-state index in [1.807, 2.05) is 26.0 Å². The molecule has 7 nitrogen and oxygen atoms in total. The van der Waals surface area contributed by atoms with Crippen LogP contribution >= 0.6 is 22.5 Å². The van der Waals surface area contributed by atoms with E-state index in [4.69, 9.17) is 9.47 Å². The average molecular weight is 482 g/mol. The summed E-state index contributed by atoms with van der Waals surface area (Å²) in [5, 5.41) is 8.64. The van der Waals surface area contributed by atoms with Gasteiger partial charge in [-0.05, 0) is 24.1 Å².